The first-order valence-corrected chi connectivity index (χ1v) is 5.85. The number of rotatable bonds is 5. The molecule has 98 valence electrons. The van der Waals surface area contributed by atoms with Crippen LogP contribution in [0.5, 0.6) is 0 Å². The first kappa shape index (κ1) is 14.2. The molecule has 0 spiro atoms. The van der Waals surface area contributed by atoms with Gasteiger partial charge in [-0.3, -0.25) is 9.78 Å². The van der Waals surface area contributed by atoms with E-state index < -0.39 is 11.5 Å². The van der Waals surface area contributed by atoms with Crippen molar-refractivity contribution in [2.45, 2.75) is 32.2 Å². The summed E-state index contributed by atoms with van der Waals surface area (Å²) in [6.07, 6.45) is 2.80. The molecule has 5 heteroatoms. The van der Waals surface area contributed by atoms with Gasteiger partial charge in [0.05, 0.1) is 7.11 Å². The molecule has 1 unspecified atom stereocenters. The van der Waals surface area contributed by atoms with Crippen LogP contribution in [0, 0.1) is 0 Å². The highest BCUT2D eigenvalue weighted by atomic mass is 16.5. The van der Waals surface area contributed by atoms with Crippen LogP contribution < -0.4 is 5.32 Å². The number of nitrogens with zero attached hydrogens (tertiary/aromatic N) is 1. The molecule has 18 heavy (non-hydrogen) atoms. The molecule has 0 saturated heterocycles. The normalized spacial score (nSPS) is 13.5. The lowest BCUT2D eigenvalue weighted by molar-refractivity contribution is -0.147. The van der Waals surface area contributed by atoms with Gasteiger partial charge in [0.1, 0.15) is 11.2 Å². The van der Waals surface area contributed by atoms with Gasteiger partial charge in [0.2, 0.25) is 0 Å². The molecular formula is C13H18N2O3. The molecule has 1 aromatic heterocycles. The average molecular weight is 250 g/mol. The Balaban J connectivity index is 2.85. The first-order valence-electron chi connectivity index (χ1n) is 5.85. The van der Waals surface area contributed by atoms with Crippen LogP contribution in [0.4, 0.5) is 0 Å². The smallest absolute Gasteiger partial charge is 0.331 e. The second-order valence-corrected chi connectivity index (χ2v) is 4.24. The summed E-state index contributed by atoms with van der Waals surface area (Å²) in [5.74, 6) is -0.828. The molecule has 5 nitrogen and oxygen atoms in total. The average Bonchev–Trinajstić information content (AvgIpc) is 2.39. The van der Waals surface area contributed by atoms with Crippen LogP contribution in [0.3, 0.4) is 0 Å². The summed E-state index contributed by atoms with van der Waals surface area (Å²) in [6.45, 7) is 3.59. The fourth-order valence-electron chi connectivity index (χ4n) is 1.75. The lowest BCUT2D eigenvalue weighted by atomic mass is 9.96. The lowest BCUT2D eigenvalue weighted by Crippen LogP contribution is -2.52. The maximum Gasteiger partial charge on any atom is 0.331 e. The molecule has 0 bridgehead atoms. The van der Waals surface area contributed by atoms with Gasteiger partial charge in [0.15, 0.2) is 0 Å². The van der Waals surface area contributed by atoms with Crippen LogP contribution in [0.15, 0.2) is 24.4 Å². The Kier molecular flexibility index (Phi) is 4.83. The molecule has 1 amide bonds. The molecule has 0 saturated carbocycles. The van der Waals surface area contributed by atoms with Gasteiger partial charge in [-0.25, -0.2) is 4.79 Å². The van der Waals surface area contributed by atoms with E-state index in [2.05, 4.69) is 10.3 Å². The van der Waals surface area contributed by atoms with E-state index in [0.717, 1.165) is 6.42 Å². The highest BCUT2D eigenvalue weighted by Crippen LogP contribution is 2.15. The van der Waals surface area contributed by atoms with E-state index in [0.29, 0.717) is 6.42 Å². The third-order valence-electron chi connectivity index (χ3n) is 2.67. The van der Waals surface area contributed by atoms with E-state index in [1.807, 2.05) is 6.92 Å². The van der Waals surface area contributed by atoms with Crippen molar-refractivity contribution >= 4 is 11.9 Å². The lowest BCUT2D eigenvalue weighted by Gasteiger charge is -2.27. The number of hydrogen-bond acceptors (Lipinski definition) is 4. The largest absolute Gasteiger partial charge is 0.467 e. The van der Waals surface area contributed by atoms with Crippen molar-refractivity contribution in [3.05, 3.63) is 30.1 Å². The predicted molar refractivity (Wildman–Crippen MR) is 67.0 cm³/mol. The van der Waals surface area contributed by atoms with Crippen LogP contribution in [-0.2, 0) is 9.53 Å². The van der Waals surface area contributed by atoms with Crippen molar-refractivity contribution in [2.24, 2.45) is 0 Å². The minimum Gasteiger partial charge on any atom is -0.467 e. The van der Waals surface area contributed by atoms with Crippen molar-refractivity contribution in [2.75, 3.05) is 7.11 Å². The Hall–Kier alpha value is -1.91. The zero-order valence-corrected chi connectivity index (χ0v) is 10.9. The summed E-state index contributed by atoms with van der Waals surface area (Å²) in [6, 6.07) is 5.04. The third kappa shape index (κ3) is 3.29. The summed E-state index contributed by atoms with van der Waals surface area (Å²) >= 11 is 0. The molecule has 0 aromatic carbocycles. The maximum absolute atomic E-state index is 12.0. The van der Waals surface area contributed by atoms with Gasteiger partial charge in [0, 0.05) is 6.20 Å². The number of esters is 1. The number of carbonyl (C=O) groups excluding carboxylic acids is 2. The summed E-state index contributed by atoms with van der Waals surface area (Å²) < 4.78 is 4.73. The topological polar surface area (TPSA) is 68.3 Å². The molecule has 1 heterocycles. The molecule has 1 aromatic rings. The van der Waals surface area contributed by atoms with Crippen LogP contribution in [0.2, 0.25) is 0 Å². The Bertz CT molecular complexity index is 420. The molecule has 0 radical (unpaired) electrons. The van der Waals surface area contributed by atoms with E-state index >= 15 is 0 Å². The zero-order valence-electron chi connectivity index (χ0n) is 10.9. The number of amides is 1. The number of pyridine rings is 1. The highest BCUT2D eigenvalue weighted by molar-refractivity contribution is 5.96. The van der Waals surface area contributed by atoms with Crippen molar-refractivity contribution in [3.63, 3.8) is 0 Å². The van der Waals surface area contributed by atoms with Gasteiger partial charge in [-0.15, -0.1) is 0 Å². The van der Waals surface area contributed by atoms with Gasteiger partial charge in [-0.2, -0.15) is 0 Å². The third-order valence-corrected chi connectivity index (χ3v) is 2.67. The minimum atomic E-state index is -1.02. The van der Waals surface area contributed by atoms with Gasteiger partial charge >= 0.3 is 5.97 Å². The molecular weight excluding hydrogens is 232 g/mol. The standard InChI is InChI=1S/C13H18N2O3/c1-4-8-13(2,12(17)18-3)15-11(16)10-7-5-6-9-14-10/h5-7,9H,4,8H2,1-3H3,(H,15,16). The summed E-state index contributed by atoms with van der Waals surface area (Å²) in [7, 11) is 1.31. The molecule has 1 N–H and O–H groups in total. The van der Waals surface area contributed by atoms with E-state index in [4.69, 9.17) is 4.74 Å². The molecule has 1 rings (SSSR count). The Morgan fingerprint density at radius 1 is 1.44 bits per heavy atom. The highest BCUT2D eigenvalue weighted by Gasteiger charge is 2.35. The predicted octanol–water partition coefficient (Wildman–Crippen LogP) is 1.54. The van der Waals surface area contributed by atoms with Crippen molar-refractivity contribution in [1.82, 2.24) is 10.3 Å². The van der Waals surface area contributed by atoms with E-state index in [-0.39, 0.29) is 11.6 Å². The molecule has 0 fully saturated rings. The van der Waals surface area contributed by atoms with Crippen molar-refractivity contribution in [1.29, 1.82) is 0 Å². The van der Waals surface area contributed by atoms with E-state index in [9.17, 15) is 9.59 Å². The van der Waals surface area contributed by atoms with Gasteiger partial charge in [0.25, 0.3) is 5.91 Å². The second-order valence-electron chi connectivity index (χ2n) is 4.24. The van der Waals surface area contributed by atoms with Crippen LogP contribution in [0.25, 0.3) is 0 Å². The molecule has 0 aliphatic rings. The van der Waals surface area contributed by atoms with Gasteiger partial charge < -0.3 is 10.1 Å². The first-order chi connectivity index (χ1) is 8.53. The summed E-state index contributed by atoms with van der Waals surface area (Å²) in [5, 5.41) is 2.69. The fourth-order valence-corrected chi connectivity index (χ4v) is 1.75. The zero-order chi connectivity index (χ0) is 13.6. The SMILES string of the molecule is CCCC(C)(NC(=O)c1ccccn1)C(=O)OC. The number of nitrogens with one attached hydrogen (secondary N) is 1. The van der Waals surface area contributed by atoms with Gasteiger partial charge in [-0.1, -0.05) is 19.4 Å². The van der Waals surface area contributed by atoms with Crippen LogP contribution in [-0.4, -0.2) is 29.5 Å². The van der Waals surface area contributed by atoms with E-state index in [1.165, 1.54) is 13.3 Å². The van der Waals surface area contributed by atoms with Crippen LogP contribution in [0.1, 0.15) is 37.2 Å². The number of methoxy groups -OCH3 is 1. The second kappa shape index (κ2) is 6.14. The van der Waals surface area contributed by atoms with Crippen molar-refractivity contribution < 1.29 is 14.3 Å². The minimum absolute atomic E-state index is 0.281. The van der Waals surface area contributed by atoms with Gasteiger partial charge in [-0.05, 0) is 25.5 Å². The number of ether oxygens (including phenoxy) is 1. The number of hydrogen-bond donors (Lipinski definition) is 1. The maximum atomic E-state index is 12.0. The monoisotopic (exact) mass is 250 g/mol. The quantitative estimate of drug-likeness (QED) is 0.805. The number of carbonyl (C=O) groups is 2. The Labute approximate surface area is 107 Å². The van der Waals surface area contributed by atoms with Crippen molar-refractivity contribution in [3.8, 4) is 0 Å². The number of aromatic nitrogens is 1. The van der Waals surface area contributed by atoms with E-state index in [1.54, 1.807) is 25.1 Å². The Morgan fingerprint density at radius 3 is 2.67 bits per heavy atom. The molecule has 0 aliphatic heterocycles. The molecule has 1 atom stereocenters. The Morgan fingerprint density at radius 2 is 2.17 bits per heavy atom. The summed E-state index contributed by atoms with van der Waals surface area (Å²) in [4.78, 5) is 27.7. The summed E-state index contributed by atoms with van der Waals surface area (Å²) in [5.41, 5.74) is -0.735. The van der Waals surface area contributed by atoms with Crippen LogP contribution >= 0.6 is 0 Å². The fraction of sp³-hybridized carbons (Fsp3) is 0.462. The molecule has 0 aliphatic carbocycles.